The van der Waals surface area contributed by atoms with Crippen molar-refractivity contribution in [3.8, 4) is 5.75 Å². The van der Waals surface area contributed by atoms with Crippen LogP contribution in [0.1, 0.15) is 24.2 Å². The van der Waals surface area contributed by atoms with Crippen LogP contribution < -0.4 is 15.0 Å². The molecule has 1 aliphatic rings. The van der Waals surface area contributed by atoms with Crippen molar-refractivity contribution in [3.63, 3.8) is 0 Å². The molecule has 0 radical (unpaired) electrons. The van der Waals surface area contributed by atoms with Gasteiger partial charge in [0.2, 0.25) is 5.91 Å². The Hall–Kier alpha value is -2.63. The Morgan fingerprint density at radius 1 is 1.50 bits per heavy atom. The maximum Gasteiger partial charge on any atom is 0.265 e. The van der Waals surface area contributed by atoms with Crippen molar-refractivity contribution in [1.29, 1.82) is 0 Å². The van der Waals surface area contributed by atoms with Gasteiger partial charge in [-0.25, -0.2) is 0 Å². The molecule has 1 aromatic rings. The molecule has 0 fully saturated rings. The van der Waals surface area contributed by atoms with Gasteiger partial charge in [0, 0.05) is 12.1 Å². The Morgan fingerprint density at radius 3 is 2.86 bits per heavy atom. The van der Waals surface area contributed by atoms with Crippen LogP contribution in [0.25, 0.3) is 0 Å². The van der Waals surface area contributed by atoms with Crippen molar-refractivity contribution in [2.45, 2.75) is 19.9 Å². The molecule has 1 heterocycles. The van der Waals surface area contributed by atoms with Crippen molar-refractivity contribution in [2.24, 2.45) is 0 Å². The molecule has 0 saturated heterocycles. The molecule has 1 unspecified atom stereocenters. The van der Waals surface area contributed by atoms with Crippen LogP contribution in [0, 0.1) is 0 Å². The van der Waals surface area contributed by atoms with Gasteiger partial charge >= 0.3 is 0 Å². The number of nitrogens with zero attached hydrogens (tertiary/aromatic N) is 1. The molecule has 2 amide bonds. The lowest BCUT2D eigenvalue weighted by atomic mass is 10.1. The predicted molar refractivity (Wildman–Crippen MR) is 82.1 cm³/mol. The quantitative estimate of drug-likeness (QED) is 0.657. The average molecular weight is 302 g/mol. The number of carbonyl (C=O) groups is 3. The van der Waals surface area contributed by atoms with E-state index in [1.54, 1.807) is 31.2 Å². The number of hydrogen-bond acceptors (Lipinski definition) is 4. The molecular weight excluding hydrogens is 284 g/mol. The van der Waals surface area contributed by atoms with Gasteiger partial charge in [0.25, 0.3) is 5.91 Å². The Labute approximate surface area is 128 Å². The lowest BCUT2D eigenvalue weighted by molar-refractivity contribution is -0.127. The molecule has 0 aromatic heterocycles. The fourth-order valence-corrected chi connectivity index (χ4v) is 2.25. The van der Waals surface area contributed by atoms with Crippen LogP contribution in [-0.4, -0.2) is 36.8 Å². The van der Waals surface area contributed by atoms with Gasteiger partial charge in [-0.05, 0) is 32.0 Å². The summed E-state index contributed by atoms with van der Waals surface area (Å²) in [6, 6.07) is 4.14. The van der Waals surface area contributed by atoms with Crippen LogP contribution in [0.4, 0.5) is 5.69 Å². The second-order valence-electron chi connectivity index (χ2n) is 5.00. The monoisotopic (exact) mass is 302 g/mol. The van der Waals surface area contributed by atoms with E-state index in [0.29, 0.717) is 23.5 Å². The van der Waals surface area contributed by atoms with Gasteiger partial charge in [-0.1, -0.05) is 6.08 Å². The van der Waals surface area contributed by atoms with Crippen molar-refractivity contribution in [2.75, 3.05) is 18.1 Å². The zero-order valence-corrected chi connectivity index (χ0v) is 12.6. The molecule has 0 aliphatic carbocycles. The van der Waals surface area contributed by atoms with Crippen LogP contribution in [-0.2, 0) is 9.59 Å². The van der Waals surface area contributed by atoms with Crippen LogP contribution in [0.15, 0.2) is 30.9 Å². The molecule has 1 atom stereocenters. The zero-order chi connectivity index (χ0) is 16.3. The highest BCUT2D eigenvalue weighted by atomic mass is 16.5. The number of benzene rings is 1. The minimum Gasteiger partial charge on any atom is -0.482 e. The third-order valence-corrected chi connectivity index (χ3v) is 3.43. The fraction of sp³-hybridized carbons (Fsp3) is 0.312. The summed E-state index contributed by atoms with van der Waals surface area (Å²) < 4.78 is 5.36. The van der Waals surface area contributed by atoms with Crippen molar-refractivity contribution < 1.29 is 19.1 Å². The number of Topliss-reactive ketones (excluding diaryl/α,β-unsaturated/α-hetero) is 1. The number of nitrogens with one attached hydrogen (secondary N) is 1. The summed E-state index contributed by atoms with van der Waals surface area (Å²) in [5, 5.41) is 2.66. The minimum absolute atomic E-state index is 0.121. The van der Waals surface area contributed by atoms with E-state index in [1.165, 1.54) is 11.8 Å². The van der Waals surface area contributed by atoms with Crippen molar-refractivity contribution in [3.05, 3.63) is 36.4 Å². The summed E-state index contributed by atoms with van der Waals surface area (Å²) >= 11 is 0. The maximum atomic E-state index is 12.2. The normalized spacial score (nSPS) is 14.6. The molecule has 2 rings (SSSR count). The number of rotatable bonds is 5. The SMILES string of the molecule is C=CCNC(=O)C(C)N1C(=O)COc2ccc(C(C)=O)cc21. The van der Waals surface area contributed by atoms with Gasteiger partial charge in [0.1, 0.15) is 11.8 Å². The number of ketones is 1. The van der Waals surface area contributed by atoms with Gasteiger partial charge in [-0.3, -0.25) is 19.3 Å². The van der Waals surface area contributed by atoms with Gasteiger partial charge in [0.15, 0.2) is 12.4 Å². The van der Waals surface area contributed by atoms with Crippen LogP contribution >= 0.6 is 0 Å². The number of carbonyl (C=O) groups excluding carboxylic acids is 3. The first-order valence-corrected chi connectivity index (χ1v) is 6.94. The smallest absolute Gasteiger partial charge is 0.265 e. The molecular formula is C16H18N2O4. The van der Waals surface area contributed by atoms with E-state index >= 15 is 0 Å². The number of ether oxygens (including phenoxy) is 1. The molecule has 0 bridgehead atoms. The fourth-order valence-electron chi connectivity index (χ4n) is 2.25. The second-order valence-corrected chi connectivity index (χ2v) is 5.00. The van der Waals surface area contributed by atoms with Gasteiger partial charge in [0.05, 0.1) is 5.69 Å². The zero-order valence-electron chi connectivity index (χ0n) is 12.6. The van der Waals surface area contributed by atoms with Gasteiger partial charge in [-0.15, -0.1) is 6.58 Å². The average Bonchev–Trinajstić information content (AvgIpc) is 2.51. The molecule has 6 nitrogen and oxygen atoms in total. The van der Waals surface area contributed by atoms with E-state index in [-0.39, 0.29) is 24.2 Å². The summed E-state index contributed by atoms with van der Waals surface area (Å²) in [7, 11) is 0. The van der Waals surface area contributed by atoms with Gasteiger partial charge in [-0.2, -0.15) is 0 Å². The third kappa shape index (κ3) is 3.00. The van der Waals surface area contributed by atoms with Crippen LogP contribution in [0.5, 0.6) is 5.75 Å². The predicted octanol–water partition coefficient (Wildman–Crippen LogP) is 1.31. The molecule has 1 aliphatic heterocycles. The Balaban J connectivity index is 2.37. The van der Waals surface area contributed by atoms with E-state index in [9.17, 15) is 14.4 Å². The Morgan fingerprint density at radius 2 is 2.23 bits per heavy atom. The first kappa shape index (κ1) is 15.8. The second kappa shape index (κ2) is 6.43. The molecule has 0 spiro atoms. The van der Waals surface area contributed by atoms with Crippen molar-refractivity contribution >= 4 is 23.3 Å². The molecule has 116 valence electrons. The van der Waals surface area contributed by atoms with Crippen molar-refractivity contribution in [1.82, 2.24) is 5.32 Å². The van der Waals surface area contributed by atoms with E-state index in [2.05, 4.69) is 11.9 Å². The molecule has 22 heavy (non-hydrogen) atoms. The first-order valence-electron chi connectivity index (χ1n) is 6.94. The van der Waals surface area contributed by atoms with E-state index < -0.39 is 6.04 Å². The van der Waals surface area contributed by atoms with Crippen LogP contribution in [0.3, 0.4) is 0 Å². The van der Waals surface area contributed by atoms with E-state index in [0.717, 1.165) is 0 Å². The summed E-state index contributed by atoms with van der Waals surface area (Å²) in [5.74, 6) is -0.263. The Bertz CT molecular complexity index is 639. The third-order valence-electron chi connectivity index (χ3n) is 3.43. The first-order chi connectivity index (χ1) is 10.5. The highest BCUT2D eigenvalue weighted by Crippen LogP contribution is 2.34. The minimum atomic E-state index is -0.711. The lowest BCUT2D eigenvalue weighted by Gasteiger charge is -2.33. The number of anilines is 1. The number of hydrogen-bond donors (Lipinski definition) is 1. The van der Waals surface area contributed by atoms with Gasteiger partial charge < -0.3 is 10.1 Å². The summed E-state index contributed by atoms with van der Waals surface area (Å²) in [5.41, 5.74) is 0.894. The summed E-state index contributed by atoms with van der Waals surface area (Å²) in [6.45, 7) is 6.79. The van der Waals surface area contributed by atoms with Crippen LogP contribution in [0.2, 0.25) is 0 Å². The molecule has 0 saturated carbocycles. The lowest BCUT2D eigenvalue weighted by Crippen LogP contribution is -2.51. The van der Waals surface area contributed by atoms with E-state index in [1.807, 2.05) is 0 Å². The molecule has 6 heteroatoms. The summed E-state index contributed by atoms with van der Waals surface area (Å²) in [4.78, 5) is 37.2. The summed E-state index contributed by atoms with van der Waals surface area (Å²) in [6.07, 6.45) is 1.56. The Kier molecular flexibility index (Phi) is 4.60. The largest absolute Gasteiger partial charge is 0.482 e. The topological polar surface area (TPSA) is 75.7 Å². The molecule has 1 aromatic carbocycles. The highest BCUT2D eigenvalue weighted by molar-refractivity contribution is 6.05. The molecule has 1 N–H and O–H groups in total. The number of fused-ring (bicyclic) bond motifs is 1. The number of amides is 2. The highest BCUT2D eigenvalue weighted by Gasteiger charge is 2.33. The maximum absolute atomic E-state index is 12.2. The van der Waals surface area contributed by atoms with E-state index in [4.69, 9.17) is 4.74 Å². The standard InChI is InChI=1S/C16H18N2O4/c1-4-7-17-16(21)10(2)18-13-8-12(11(3)19)5-6-14(13)22-9-15(18)20/h4-6,8,10H,1,7,9H2,2-3H3,(H,17,21).